The van der Waals surface area contributed by atoms with Gasteiger partial charge in [-0.3, -0.25) is 4.79 Å². The van der Waals surface area contributed by atoms with Crippen molar-refractivity contribution in [2.45, 2.75) is 51.5 Å². The Morgan fingerprint density at radius 2 is 2.26 bits per heavy atom. The minimum atomic E-state index is 0.0726. The number of hydrogen-bond donors (Lipinski definition) is 1. The highest BCUT2D eigenvalue weighted by Gasteiger charge is 2.30. The summed E-state index contributed by atoms with van der Waals surface area (Å²) in [7, 11) is 0. The first kappa shape index (κ1) is 12.5. The average molecular weight is 279 g/mol. The number of aromatic nitrogens is 4. The fourth-order valence-electron chi connectivity index (χ4n) is 1.98. The minimum Gasteiger partial charge on any atom is -0.354 e. The third-order valence-electron chi connectivity index (χ3n) is 3.01. The Morgan fingerprint density at radius 3 is 2.95 bits per heavy atom. The highest BCUT2D eigenvalue weighted by atomic mass is 32.1. The van der Waals surface area contributed by atoms with Gasteiger partial charge in [-0.1, -0.05) is 11.3 Å². The molecule has 6 nitrogen and oxygen atoms in total. The van der Waals surface area contributed by atoms with Crippen LogP contribution in [-0.2, 0) is 11.2 Å². The molecule has 1 amide bonds. The van der Waals surface area contributed by atoms with Gasteiger partial charge in [-0.05, 0) is 26.7 Å². The van der Waals surface area contributed by atoms with Crippen molar-refractivity contribution in [3.8, 4) is 0 Å². The lowest BCUT2D eigenvalue weighted by Gasteiger charge is -2.06. The number of nitrogens with one attached hydrogen (secondary N) is 1. The molecule has 0 aliphatic heterocycles. The van der Waals surface area contributed by atoms with Gasteiger partial charge in [-0.2, -0.15) is 9.61 Å². The van der Waals surface area contributed by atoms with Gasteiger partial charge in [0.2, 0.25) is 10.9 Å². The van der Waals surface area contributed by atoms with E-state index in [1.165, 1.54) is 24.2 Å². The number of carbonyl (C=O) groups is 1. The summed E-state index contributed by atoms with van der Waals surface area (Å²) < 4.78 is 1.85. The molecule has 0 spiro atoms. The van der Waals surface area contributed by atoms with E-state index in [1.807, 2.05) is 18.4 Å². The van der Waals surface area contributed by atoms with Crippen molar-refractivity contribution >= 4 is 22.2 Å². The summed E-state index contributed by atoms with van der Waals surface area (Å²) in [4.78, 5) is 12.4. The van der Waals surface area contributed by atoms with Gasteiger partial charge < -0.3 is 5.32 Å². The molecule has 0 atom stereocenters. The third-order valence-corrected chi connectivity index (χ3v) is 3.97. The SMILES string of the molecule is CC(C)NC(=O)CCc1nn2c(C3CC3)nnc2s1. The van der Waals surface area contributed by atoms with Crippen molar-refractivity contribution in [3.05, 3.63) is 10.8 Å². The largest absolute Gasteiger partial charge is 0.354 e. The predicted molar refractivity (Wildman–Crippen MR) is 72.2 cm³/mol. The highest BCUT2D eigenvalue weighted by Crippen LogP contribution is 2.39. The number of aryl methyl sites for hydroxylation is 1. The molecular formula is C12H17N5OS. The van der Waals surface area contributed by atoms with Crippen molar-refractivity contribution in [2.24, 2.45) is 0 Å². The van der Waals surface area contributed by atoms with Crippen LogP contribution >= 0.6 is 11.3 Å². The summed E-state index contributed by atoms with van der Waals surface area (Å²) in [5, 5.41) is 16.7. The molecule has 1 N–H and O–H groups in total. The second-order valence-corrected chi connectivity index (χ2v) is 6.29. The summed E-state index contributed by atoms with van der Waals surface area (Å²) in [5.74, 6) is 1.58. The molecule has 1 aliphatic rings. The molecule has 19 heavy (non-hydrogen) atoms. The maximum absolute atomic E-state index is 11.6. The molecule has 2 aromatic rings. The summed E-state index contributed by atoms with van der Waals surface area (Å²) in [6.07, 6.45) is 3.51. The van der Waals surface area contributed by atoms with E-state index in [0.717, 1.165) is 15.8 Å². The number of hydrogen-bond acceptors (Lipinski definition) is 5. The summed E-state index contributed by atoms with van der Waals surface area (Å²) >= 11 is 1.52. The van der Waals surface area contributed by atoms with Crippen molar-refractivity contribution in [1.29, 1.82) is 0 Å². The van der Waals surface area contributed by atoms with Crippen LogP contribution in [0.4, 0.5) is 0 Å². The Labute approximate surface area is 115 Å². The van der Waals surface area contributed by atoms with Crippen molar-refractivity contribution in [1.82, 2.24) is 25.1 Å². The van der Waals surface area contributed by atoms with E-state index in [-0.39, 0.29) is 11.9 Å². The van der Waals surface area contributed by atoms with Crippen LogP contribution in [0.5, 0.6) is 0 Å². The van der Waals surface area contributed by atoms with Crippen LogP contribution in [0.2, 0.25) is 0 Å². The monoisotopic (exact) mass is 279 g/mol. The molecule has 1 saturated carbocycles. The predicted octanol–water partition coefficient (Wildman–Crippen LogP) is 1.52. The molecule has 3 rings (SSSR count). The molecule has 0 unspecified atom stereocenters. The van der Waals surface area contributed by atoms with E-state index in [0.29, 0.717) is 18.8 Å². The van der Waals surface area contributed by atoms with E-state index in [2.05, 4.69) is 20.6 Å². The van der Waals surface area contributed by atoms with Gasteiger partial charge in [0.25, 0.3) is 0 Å². The molecular weight excluding hydrogens is 262 g/mol. The van der Waals surface area contributed by atoms with Gasteiger partial charge in [-0.15, -0.1) is 10.2 Å². The number of amides is 1. The Bertz CT molecular complexity index is 598. The van der Waals surface area contributed by atoms with E-state index < -0.39 is 0 Å². The topological polar surface area (TPSA) is 72.2 Å². The number of rotatable bonds is 5. The first-order valence-electron chi connectivity index (χ1n) is 6.64. The van der Waals surface area contributed by atoms with Crippen molar-refractivity contribution < 1.29 is 4.79 Å². The Hall–Kier alpha value is -1.50. The van der Waals surface area contributed by atoms with Gasteiger partial charge in [0.15, 0.2) is 5.82 Å². The van der Waals surface area contributed by atoms with Crippen LogP contribution < -0.4 is 5.32 Å². The zero-order valence-corrected chi connectivity index (χ0v) is 11.9. The standard InChI is InChI=1S/C12H17N5OS/c1-7(2)13-9(18)5-6-10-16-17-11(8-3-4-8)14-15-12(17)19-10/h7-8H,3-6H2,1-2H3,(H,13,18). The lowest BCUT2D eigenvalue weighted by molar-refractivity contribution is -0.121. The van der Waals surface area contributed by atoms with E-state index >= 15 is 0 Å². The smallest absolute Gasteiger partial charge is 0.234 e. The third kappa shape index (κ3) is 2.75. The highest BCUT2D eigenvalue weighted by molar-refractivity contribution is 7.16. The van der Waals surface area contributed by atoms with Gasteiger partial charge in [0.05, 0.1) is 0 Å². The minimum absolute atomic E-state index is 0.0726. The zero-order chi connectivity index (χ0) is 13.4. The van der Waals surface area contributed by atoms with Gasteiger partial charge in [-0.25, -0.2) is 0 Å². The summed E-state index contributed by atoms with van der Waals surface area (Å²) in [6, 6.07) is 0.187. The fourth-order valence-corrected chi connectivity index (χ4v) is 2.82. The fraction of sp³-hybridized carbons (Fsp3) is 0.667. The Balaban J connectivity index is 1.66. The van der Waals surface area contributed by atoms with Crippen LogP contribution in [0.25, 0.3) is 4.96 Å². The number of nitrogens with zero attached hydrogens (tertiary/aromatic N) is 4. The van der Waals surface area contributed by atoms with E-state index in [1.54, 1.807) is 0 Å². The first-order valence-corrected chi connectivity index (χ1v) is 7.45. The lowest BCUT2D eigenvalue weighted by atomic mass is 10.3. The van der Waals surface area contributed by atoms with Gasteiger partial charge in [0, 0.05) is 24.8 Å². The second kappa shape index (κ2) is 4.88. The maximum atomic E-state index is 11.6. The maximum Gasteiger partial charge on any atom is 0.234 e. The van der Waals surface area contributed by atoms with Crippen molar-refractivity contribution in [3.63, 3.8) is 0 Å². The lowest BCUT2D eigenvalue weighted by Crippen LogP contribution is -2.30. The zero-order valence-electron chi connectivity index (χ0n) is 11.1. The number of carbonyl (C=O) groups excluding carboxylic acids is 1. The summed E-state index contributed by atoms with van der Waals surface area (Å²) in [5.41, 5.74) is 0. The molecule has 0 radical (unpaired) electrons. The Kier molecular flexibility index (Phi) is 3.22. The molecule has 1 fully saturated rings. The molecule has 0 aromatic carbocycles. The second-order valence-electron chi connectivity index (χ2n) is 5.24. The molecule has 7 heteroatoms. The number of fused-ring (bicyclic) bond motifs is 1. The van der Waals surface area contributed by atoms with Gasteiger partial charge in [0.1, 0.15) is 5.01 Å². The molecule has 1 aliphatic carbocycles. The molecule has 102 valence electrons. The molecule has 0 bridgehead atoms. The van der Waals surface area contributed by atoms with E-state index in [9.17, 15) is 4.79 Å². The molecule has 2 aromatic heterocycles. The normalized spacial score (nSPS) is 15.3. The van der Waals surface area contributed by atoms with Crippen LogP contribution in [0, 0.1) is 0 Å². The first-order chi connectivity index (χ1) is 9.13. The molecule has 0 saturated heterocycles. The quantitative estimate of drug-likeness (QED) is 0.900. The van der Waals surface area contributed by atoms with Gasteiger partial charge >= 0.3 is 0 Å². The van der Waals surface area contributed by atoms with Crippen LogP contribution in [-0.4, -0.2) is 31.8 Å². The summed E-state index contributed by atoms with van der Waals surface area (Å²) in [6.45, 7) is 3.92. The van der Waals surface area contributed by atoms with E-state index in [4.69, 9.17) is 0 Å². The molecule has 2 heterocycles. The average Bonchev–Trinajstić information content (AvgIpc) is 2.97. The van der Waals surface area contributed by atoms with Crippen molar-refractivity contribution in [2.75, 3.05) is 0 Å². The van der Waals surface area contributed by atoms with Crippen LogP contribution in [0.3, 0.4) is 0 Å². The van der Waals surface area contributed by atoms with Crippen LogP contribution in [0.15, 0.2) is 0 Å². The van der Waals surface area contributed by atoms with Crippen LogP contribution in [0.1, 0.15) is 49.9 Å². The Morgan fingerprint density at radius 1 is 1.47 bits per heavy atom.